The number of hydrogen-bond acceptors (Lipinski definition) is 11. The van der Waals surface area contributed by atoms with Gasteiger partial charge < -0.3 is 54.6 Å². The summed E-state index contributed by atoms with van der Waals surface area (Å²) in [6, 6.07) is 13.0. The largest absolute Gasteiger partial charge is 0.480 e. The number of nitrogens with one attached hydrogen (secondary N) is 2. The molecule has 1 heterocycles. The van der Waals surface area contributed by atoms with Crippen molar-refractivity contribution < 1.29 is 56.7 Å². The highest BCUT2D eigenvalue weighted by molar-refractivity contribution is 8.00. The Balaban J connectivity index is 1.48. The van der Waals surface area contributed by atoms with Gasteiger partial charge in [0, 0.05) is 54.8 Å². The van der Waals surface area contributed by atoms with Crippen LogP contribution >= 0.6 is 11.8 Å². The molecule has 0 bridgehead atoms. The van der Waals surface area contributed by atoms with Crippen LogP contribution in [-0.2, 0) is 44.6 Å². The van der Waals surface area contributed by atoms with Crippen molar-refractivity contribution in [1.29, 1.82) is 0 Å². The molecule has 3 rings (SSSR count). The second kappa shape index (κ2) is 27.7. The number of benzene rings is 2. The zero-order valence-corrected chi connectivity index (χ0v) is 38.8. The van der Waals surface area contributed by atoms with Crippen molar-refractivity contribution in [2.24, 2.45) is 11.1 Å². The first-order valence-electron chi connectivity index (χ1n) is 21.5. The molecule has 3 aromatic rings. The molecular weight excluding hydrogens is 853 g/mol. The molecule has 0 aliphatic rings. The van der Waals surface area contributed by atoms with Gasteiger partial charge in [-0.1, -0.05) is 51.1 Å². The van der Waals surface area contributed by atoms with Crippen LogP contribution in [0.5, 0.6) is 0 Å². The first kappa shape index (κ1) is 53.7. The molecule has 3 amide bonds. The number of halogens is 2. The van der Waals surface area contributed by atoms with Gasteiger partial charge in [-0.2, -0.15) is 0 Å². The first-order valence-corrected chi connectivity index (χ1v) is 22.6. The van der Waals surface area contributed by atoms with E-state index in [0.29, 0.717) is 76.9 Å². The van der Waals surface area contributed by atoms with Gasteiger partial charge in [-0.05, 0) is 69.0 Å². The number of aliphatic carboxylic acids is 1. The number of thioether (sulfide) groups is 1. The topological polar surface area (TPSA) is 193 Å². The highest BCUT2D eigenvalue weighted by Gasteiger charge is 2.37. The molecule has 2 atom stereocenters. The van der Waals surface area contributed by atoms with E-state index in [1.54, 1.807) is 37.9 Å². The van der Waals surface area contributed by atoms with E-state index >= 15 is 4.39 Å². The molecule has 0 radical (unpaired) electrons. The van der Waals surface area contributed by atoms with Crippen LogP contribution in [0.15, 0.2) is 60.8 Å². The molecule has 64 heavy (non-hydrogen) atoms. The normalized spacial score (nSPS) is 12.7. The predicted octanol–water partition coefficient (Wildman–Crippen LogP) is 6.03. The van der Waals surface area contributed by atoms with E-state index in [1.165, 1.54) is 0 Å². The molecule has 356 valence electrons. The van der Waals surface area contributed by atoms with E-state index in [9.17, 15) is 28.7 Å². The molecule has 0 fully saturated rings. The van der Waals surface area contributed by atoms with Gasteiger partial charge in [0.25, 0.3) is 0 Å². The molecule has 0 aliphatic carbocycles. The zero-order chi connectivity index (χ0) is 47.1. The van der Waals surface area contributed by atoms with Crippen molar-refractivity contribution >= 4 is 35.6 Å². The molecule has 18 heteroatoms. The Morgan fingerprint density at radius 1 is 0.859 bits per heavy atom. The quantitative estimate of drug-likeness (QED) is 0.0593. The molecule has 15 nitrogen and oxygen atoms in total. The van der Waals surface area contributed by atoms with Gasteiger partial charge in [-0.3, -0.25) is 9.59 Å². The van der Waals surface area contributed by atoms with Crippen LogP contribution in [0.25, 0.3) is 11.1 Å². The van der Waals surface area contributed by atoms with E-state index in [4.69, 9.17) is 29.4 Å². The van der Waals surface area contributed by atoms with Gasteiger partial charge in [0.2, 0.25) is 11.8 Å². The maximum absolute atomic E-state index is 15.1. The number of alkyl carbamates (subject to hydrolysis) is 1. The fraction of sp³-hybridized carbons (Fsp3) is 0.565. The number of hydrogen-bond donors (Lipinski definition) is 4. The maximum atomic E-state index is 15.1. The van der Waals surface area contributed by atoms with Gasteiger partial charge in [-0.15, -0.1) is 11.8 Å². The number of nitrogens with two attached hydrogens (primary N) is 1. The third-order valence-electron chi connectivity index (χ3n) is 9.35. The fourth-order valence-electron chi connectivity index (χ4n) is 6.53. The summed E-state index contributed by atoms with van der Waals surface area (Å²) in [6.07, 6.45) is 1.68. The molecule has 0 saturated carbocycles. The van der Waals surface area contributed by atoms with Crippen LogP contribution in [0.1, 0.15) is 71.7 Å². The number of rotatable bonds is 29. The Bertz CT molecular complexity index is 1890. The fourth-order valence-corrected chi connectivity index (χ4v) is 7.45. The van der Waals surface area contributed by atoms with Crippen molar-refractivity contribution in [3.63, 3.8) is 0 Å². The molecule has 5 N–H and O–H groups in total. The molecule has 1 aromatic heterocycles. The summed E-state index contributed by atoms with van der Waals surface area (Å²) in [7, 11) is 0. The Labute approximate surface area is 380 Å². The van der Waals surface area contributed by atoms with E-state index in [-0.39, 0.29) is 49.2 Å². The Hall–Kier alpha value is -4.59. The Kier molecular flexibility index (Phi) is 23.2. The van der Waals surface area contributed by atoms with Crippen LogP contribution < -0.4 is 16.4 Å². The van der Waals surface area contributed by atoms with Crippen LogP contribution in [0.2, 0.25) is 0 Å². The number of carboxylic acid groups (broad SMARTS) is 1. The monoisotopic (exact) mass is 919 g/mol. The highest BCUT2D eigenvalue weighted by Crippen LogP contribution is 2.41. The Morgan fingerprint density at radius 3 is 2.08 bits per heavy atom. The lowest BCUT2D eigenvalue weighted by molar-refractivity contribution is -0.141. The van der Waals surface area contributed by atoms with Gasteiger partial charge in [0.05, 0.1) is 64.6 Å². The first-order chi connectivity index (χ1) is 30.4. The van der Waals surface area contributed by atoms with Crippen LogP contribution in [-0.4, -0.2) is 134 Å². The number of aromatic nitrogens is 1. The summed E-state index contributed by atoms with van der Waals surface area (Å²) >= 11 is 1.09. The number of carboxylic acids is 1. The molecule has 2 aromatic carbocycles. The van der Waals surface area contributed by atoms with Crippen molar-refractivity contribution in [2.45, 2.75) is 78.6 Å². The van der Waals surface area contributed by atoms with Crippen molar-refractivity contribution in [1.82, 2.24) is 20.1 Å². The standard InChI is InChI=1S/C46H67F2N5O10S/c1-45(2,3)42(39-27-34(36-28-35(47)13-14-37(36)48)30-52(39)29-33-11-8-7-9-12-33)53(18-10-16-49)41(55)32-64-31-38(43(56)57)51-40(54)15-19-59-21-23-61-25-26-62-24-22-60-20-17-50-44(58)63-46(4,5)6/h7-9,11-14,27-28,30,38,42H,10,15-26,29,31-32,49H2,1-6H3,(H,50,58)(H,51,54)(H,56,57)/t38-,42-/m0/s1. The van der Waals surface area contributed by atoms with Crippen LogP contribution in [0.3, 0.4) is 0 Å². The second-order valence-electron chi connectivity index (χ2n) is 17.0. The van der Waals surface area contributed by atoms with E-state index in [1.807, 2.05) is 55.7 Å². The zero-order valence-electron chi connectivity index (χ0n) is 38.0. The average Bonchev–Trinajstić information content (AvgIpc) is 3.62. The van der Waals surface area contributed by atoms with Crippen molar-refractivity contribution in [3.8, 4) is 11.1 Å². The predicted molar refractivity (Wildman–Crippen MR) is 242 cm³/mol. The molecule has 0 saturated heterocycles. The number of amides is 3. The molecule has 0 aliphatic heterocycles. The third kappa shape index (κ3) is 20.1. The summed E-state index contributed by atoms with van der Waals surface area (Å²) < 4.78 is 58.4. The summed E-state index contributed by atoms with van der Waals surface area (Å²) in [5.74, 6) is -3.33. The van der Waals surface area contributed by atoms with E-state index in [0.717, 1.165) is 35.5 Å². The van der Waals surface area contributed by atoms with Crippen LogP contribution in [0, 0.1) is 17.0 Å². The van der Waals surface area contributed by atoms with Crippen molar-refractivity contribution in [2.75, 3.05) is 84.0 Å². The van der Waals surface area contributed by atoms with Gasteiger partial charge >= 0.3 is 12.1 Å². The number of carbonyl (C=O) groups excluding carboxylic acids is 3. The smallest absolute Gasteiger partial charge is 0.407 e. The lowest BCUT2D eigenvalue weighted by Gasteiger charge is -2.41. The van der Waals surface area contributed by atoms with Gasteiger partial charge in [0.15, 0.2) is 0 Å². The Morgan fingerprint density at radius 2 is 1.48 bits per heavy atom. The van der Waals surface area contributed by atoms with E-state index in [2.05, 4.69) is 10.6 Å². The molecule has 0 unspecified atom stereocenters. The summed E-state index contributed by atoms with van der Waals surface area (Å²) in [5, 5.41) is 15.0. The number of ether oxygens (including phenoxy) is 5. The summed E-state index contributed by atoms with van der Waals surface area (Å²) in [6.45, 7) is 14.9. The molecular formula is C46H67F2N5O10S. The second-order valence-corrected chi connectivity index (χ2v) is 18.0. The maximum Gasteiger partial charge on any atom is 0.407 e. The average molecular weight is 920 g/mol. The van der Waals surface area contributed by atoms with E-state index < -0.39 is 52.7 Å². The third-order valence-corrected chi connectivity index (χ3v) is 10.4. The lowest BCUT2D eigenvalue weighted by Crippen LogP contribution is -2.45. The summed E-state index contributed by atoms with van der Waals surface area (Å²) in [4.78, 5) is 52.3. The minimum absolute atomic E-state index is 0.0493. The SMILES string of the molecule is CC(C)(C)OC(=O)NCCOCCOCCOCCOCCC(=O)N[C@@H](CSCC(=O)N(CCCN)[C@@H](c1cc(-c2cc(F)ccc2F)cn1Cc1ccccc1)C(C)(C)C)C(=O)O. The molecule has 0 spiro atoms. The van der Waals surface area contributed by atoms with Gasteiger partial charge in [0.1, 0.15) is 23.3 Å². The number of nitrogens with zero attached hydrogens (tertiary/aromatic N) is 2. The minimum atomic E-state index is -1.25. The highest BCUT2D eigenvalue weighted by atomic mass is 32.2. The minimum Gasteiger partial charge on any atom is -0.480 e. The van der Waals surface area contributed by atoms with Crippen molar-refractivity contribution in [3.05, 3.63) is 83.7 Å². The van der Waals surface area contributed by atoms with Gasteiger partial charge in [-0.25, -0.2) is 18.4 Å². The van der Waals surface area contributed by atoms with Crippen LogP contribution in [0.4, 0.5) is 13.6 Å². The summed E-state index contributed by atoms with van der Waals surface area (Å²) in [5.41, 5.74) is 7.06. The number of carbonyl (C=O) groups is 4. The lowest BCUT2D eigenvalue weighted by atomic mass is 9.83.